The zero-order valence-electron chi connectivity index (χ0n) is 14.8. The Bertz CT molecular complexity index is 1140. The summed E-state index contributed by atoms with van der Waals surface area (Å²) in [6, 6.07) is 14.7. The van der Waals surface area contributed by atoms with Gasteiger partial charge in [-0.25, -0.2) is 12.8 Å². The standard InChI is InChI=1S/C19H15FN4O4S/c20-14-7-9-15(10-8-14)24-29(27,28)16-5-3-4-13(12-16)18(25)22-23-19(26)17-6-1-2-11-21-17/h1-12,24H,(H,22,25)(H,23,26). The van der Waals surface area contributed by atoms with Crippen molar-refractivity contribution in [3.8, 4) is 0 Å². The van der Waals surface area contributed by atoms with Crippen LogP contribution in [0.3, 0.4) is 0 Å². The molecular formula is C19H15FN4O4S. The molecular weight excluding hydrogens is 399 g/mol. The molecule has 8 nitrogen and oxygen atoms in total. The van der Waals surface area contributed by atoms with Gasteiger partial charge in [0.05, 0.1) is 4.90 Å². The molecule has 3 rings (SSSR count). The van der Waals surface area contributed by atoms with Gasteiger partial charge in [-0.2, -0.15) is 0 Å². The molecule has 0 saturated carbocycles. The Labute approximate surface area is 165 Å². The summed E-state index contributed by atoms with van der Waals surface area (Å²) in [6.45, 7) is 0. The Morgan fingerprint density at radius 2 is 1.59 bits per heavy atom. The minimum Gasteiger partial charge on any atom is -0.280 e. The fourth-order valence-corrected chi connectivity index (χ4v) is 3.39. The molecule has 0 bridgehead atoms. The van der Waals surface area contributed by atoms with Crippen molar-refractivity contribution in [3.63, 3.8) is 0 Å². The van der Waals surface area contributed by atoms with Crippen LogP contribution < -0.4 is 15.6 Å². The van der Waals surface area contributed by atoms with E-state index in [0.29, 0.717) is 0 Å². The molecule has 0 saturated heterocycles. The van der Waals surface area contributed by atoms with Crippen LogP contribution in [0.15, 0.2) is 77.8 Å². The highest BCUT2D eigenvalue weighted by Gasteiger charge is 2.17. The molecule has 0 fully saturated rings. The van der Waals surface area contributed by atoms with Crippen LogP contribution in [0.2, 0.25) is 0 Å². The van der Waals surface area contributed by atoms with Crippen LogP contribution in [0.25, 0.3) is 0 Å². The number of halogens is 1. The average Bonchev–Trinajstić information content (AvgIpc) is 2.74. The summed E-state index contributed by atoms with van der Waals surface area (Å²) in [5.74, 6) is -1.84. The normalized spacial score (nSPS) is 10.8. The smallest absolute Gasteiger partial charge is 0.280 e. The zero-order chi connectivity index (χ0) is 20.9. The summed E-state index contributed by atoms with van der Waals surface area (Å²) in [4.78, 5) is 27.8. The van der Waals surface area contributed by atoms with Crippen molar-refractivity contribution in [2.24, 2.45) is 0 Å². The minimum absolute atomic E-state index is 0.00769. The molecule has 1 heterocycles. The first-order valence-electron chi connectivity index (χ1n) is 8.25. The van der Waals surface area contributed by atoms with Gasteiger partial charge in [-0.05, 0) is 54.6 Å². The molecule has 1 aromatic heterocycles. The number of amides is 2. The first-order valence-corrected chi connectivity index (χ1v) is 9.74. The van der Waals surface area contributed by atoms with E-state index in [2.05, 4.69) is 20.6 Å². The second-order valence-electron chi connectivity index (χ2n) is 5.76. The van der Waals surface area contributed by atoms with Gasteiger partial charge in [-0.3, -0.25) is 30.1 Å². The predicted octanol–water partition coefficient (Wildman–Crippen LogP) is 2.10. The van der Waals surface area contributed by atoms with Gasteiger partial charge in [0.15, 0.2) is 0 Å². The molecule has 0 unspecified atom stereocenters. The number of aromatic nitrogens is 1. The van der Waals surface area contributed by atoms with Gasteiger partial charge in [0.1, 0.15) is 11.5 Å². The number of hydrogen-bond acceptors (Lipinski definition) is 5. The lowest BCUT2D eigenvalue weighted by Crippen LogP contribution is -2.42. The summed E-state index contributed by atoms with van der Waals surface area (Å²) in [6.07, 6.45) is 1.43. The Hall–Kier alpha value is -3.79. The quantitative estimate of drug-likeness (QED) is 0.553. The average molecular weight is 414 g/mol. The van der Waals surface area contributed by atoms with Gasteiger partial charge >= 0.3 is 0 Å². The number of pyridine rings is 1. The van der Waals surface area contributed by atoms with Gasteiger partial charge in [0.2, 0.25) is 0 Å². The van der Waals surface area contributed by atoms with E-state index in [1.165, 1.54) is 42.6 Å². The van der Waals surface area contributed by atoms with Crippen LogP contribution in [0.5, 0.6) is 0 Å². The number of nitrogens with zero attached hydrogens (tertiary/aromatic N) is 1. The van der Waals surface area contributed by atoms with Crippen LogP contribution in [0.1, 0.15) is 20.8 Å². The molecule has 0 aliphatic carbocycles. The topological polar surface area (TPSA) is 117 Å². The Morgan fingerprint density at radius 3 is 2.28 bits per heavy atom. The lowest BCUT2D eigenvalue weighted by atomic mass is 10.2. The van der Waals surface area contributed by atoms with Crippen LogP contribution >= 0.6 is 0 Å². The number of nitrogens with one attached hydrogen (secondary N) is 3. The third-order valence-corrected chi connectivity index (χ3v) is 5.07. The molecule has 29 heavy (non-hydrogen) atoms. The molecule has 2 aromatic carbocycles. The minimum atomic E-state index is -4.01. The van der Waals surface area contributed by atoms with Crippen LogP contribution in [-0.4, -0.2) is 25.2 Å². The van der Waals surface area contributed by atoms with Crippen LogP contribution in [0.4, 0.5) is 10.1 Å². The number of carbonyl (C=O) groups is 2. The molecule has 3 aromatic rings. The van der Waals surface area contributed by atoms with Crippen molar-refractivity contribution in [2.75, 3.05) is 4.72 Å². The third-order valence-electron chi connectivity index (χ3n) is 3.69. The lowest BCUT2D eigenvalue weighted by Gasteiger charge is -2.10. The van der Waals surface area contributed by atoms with Crippen molar-refractivity contribution in [2.45, 2.75) is 4.90 Å². The fourth-order valence-electron chi connectivity index (χ4n) is 2.28. The van der Waals surface area contributed by atoms with Gasteiger partial charge in [0.25, 0.3) is 21.8 Å². The van der Waals surface area contributed by atoms with Gasteiger partial charge < -0.3 is 0 Å². The molecule has 148 valence electrons. The summed E-state index contributed by atoms with van der Waals surface area (Å²) in [5, 5.41) is 0. The lowest BCUT2D eigenvalue weighted by molar-refractivity contribution is 0.0844. The molecule has 0 aliphatic heterocycles. The second kappa shape index (κ2) is 8.48. The highest BCUT2D eigenvalue weighted by Crippen LogP contribution is 2.17. The largest absolute Gasteiger partial charge is 0.288 e. The van der Waals surface area contributed by atoms with E-state index in [4.69, 9.17) is 0 Å². The van der Waals surface area contributed by atoms with E-state index in [1.807, 2.05) is 0 Å². The van der Waals surface area contributed by atoms with E-state index in [-0.39, 0.29) is 21.8 Å². The highest BCUT2D eigenvalue weighted by molar-refractivity contribution is 7.92. The number of hydrogen-bond donors (Lipinski definition) is 3. The first-order chi connectivity index (χ1) is 13.8. The van der Waals surface area contributed by atoms with Crippen LogP contribution in [0, 0.1) is 5.82 Å². The molecule has 10 heteroatoms. The second-order valence-corrected chi connectivity index (χ2v) is 7.45. The Kier molecular flexibility index (Phi) is 5.84. The number of sulfonamides is 1. The van der Waals surface area contributed by atoms with E-state index >= 15 is 0 Å². The Morgan fingerprint density at radius 1 is 0.862 bits per heavy atom. The van der Waals surface area contributed by atoms with Gasteiger partial charge in [-0.15, -0.1) is 0 Å². The molecule has 2 amide bonds. The summed E-state index contributed by atoms with van der Waals surface area (Å²) >= 11 is 0. The van der Waals surface area contributed by atoms with Crippen molar-refractivity contribution in [3.05, 3.63) is 90.0 Å². The summed E-state index contributed by atoms with van der Waals surface area (Å²) < 4.78 is 40.3. The maximum absolute atomic E-state index is 13.0. The molecule has 3 N–H and O–H groups in total. The fraction of sp³-hybridized carbons (Fsp3) is 0. The molecule has 0 spiro atoms. The van der Waals surface area contributed by atoms with Crippen molar-refractivity contribution >= 4 is 27.5 Å². The maximum Gasteiger partial charge on any atom is 0.288 e. The van der Waals surface area contributed by atoms with Crippen molar-refractivity contribution in [1.29, 1.82) is 0 Å². The Balaban J connectivity index is 1.70. The molecule has 0 atom stereocenters. The maximum atomic E-state index is 13.0. The van der Waals surface area contributed by atoms with E-state index in [1.54, 1.807) is 12.1 Å². The monoisotopic (exact) mass is 414 g/mol. The predicted molar refractivity (Wildman–Crippen MR) is 103 cm³/mol. The van der Waals surface area contributed by atoms with Gasteiger partial charge in [-0.1, -0.05) is 12.1 Å². The number of carbonyl (C=O) groups excluding carboxylic acids is 2. The summed E-state index contributed by atoms with van der Waals surface area (Å²) in [7, 11) is -4.01. The molecule has 0 aliphatic rings. The van der Waals surface area contributed by atoms with E-state index in [9.17, 15) is 22.4 Å². The highest BCUT2D eigenvalue weighted by atomic mass is 32.2. The van der Waals surface area contributed by atoms with Crippen LogP contribution in [-0.2, 0) is 10.0 Å². The molecule has 0 radical (unpaired) electrons. The van der Waals surface area contributed by atoms with E-state index < -0.39 is 27.7 Å². The summed E-state index contributed by atoms with van der Waals surface area (Å²) in [5.41, 5.74) is 4.68. The number of benzene rings is 2. The van der Waals surface area contributed by atoms with Crippen molar-refractivity contribution < 1.29 is 22.4 Å². The number of rotatable bonds is 5. The zero-order valence-corrected chi connectivity index (χ0v) is 15.6. The van der Waals surface area contributed by atoms with E-state index in [0.717, 1.165) is 18.2 Å². The van der Waals surface area contributed by atoms with Crippen molar-refractivity contribution in [1.82, 2.24) is 15.8 Å². The number of anilines is 1. The third kappa shape index (κ3) is 5.14. The SMILES string of the molecule is O=C(NNC(=O)c1ccccn1)c1cccc(S(=O)(=O)Nc2ccc(F)cc2)c1. The van der Waals surface area contributed by atoms with Gasteiger partial charge in [0, 0.05) is 17.4 Å². The first kappa shape index (κ1) is 20.0. The number of hydrazine groups is 1.